The number of benzene rings is 1. The Morgan fingerprint density at radius 1 is 1.05 bits per heavy atom. The Hall–Kier alpha value is -1.88. The van der Waals surface area contributed by atoms with Gasteiger partial charge in [0, 0.05) is 58.3 Å². The smallest absolute Gasteiger partial charge is 0.228 e. The van der Waals surface area contributed by atoms with Crippen LogP contribution in [0, 0.1) is 0 Å². The number of carbonyl (C=O) groups excluding carboxylic acids is 2. The molecule has 0 bridgehead atoms. The summed E-state index contributed by atoms with van der Waals surface area (Å²) < 4.78 is 0. The predicted molar refractivity (Wildman–Crippen MR) is 85.8 cm³/mol. The highest BCUT2D eigenvalue weighted by molar-refractivity contribution is 5.95. The lowest BCUT2D eigenvalue weighted by molar-refractivity contribution is -0.130. The highest BCUT2D eigenvalue weighted by Crippen LogP contribution is 2.27. The summed E-state index contributed by atoms with van der Waals surface area (Å²) in [5.74, 6) is 0.350. The maximum atomic E-state index is 12.5. The van der Waals surface area contributed by atoms with Crippen LogP contribution < -0.4 is 4.90 Å². The molecule has 0 unspecified atom stereocenters. The summed E-state index contributed by atoms with van der Waals surface area (Å²) in [6, 6.07) is 8.15. The molecule has 0 aliphatic carbocycles. The van der Waals surface area contributed by atoms with Crippen LogP contribution in [0.2, 0.25) is 0 Å². The number of fused-ring (bicyclic) bond motifs is 1. The number of rotatable bonds is 3. The number of hydrogen-bond donors (Lipinski definition) is 0. The third kappa shape index (κ3) is 3.14. The molecule has 5 heteroatoms. The summed E-state index contributed by atoms with van der Waals surface area (Å²) >= 11 is 0. The fraction of sp³-hybridized carbons (Fsp3) is 0.529. The van der Waals surface area contributed by atoms with Crippen LogP contribution in [0.15, 0.2) is 24.3 Å². The molecule has 0 spiro atoms. The SMILES string of the molecule is CC(=O)N1CCN(CCC(=O)N2CCc3ccccc32)CC1. The number of piperazine rings is 1. The zero-order valence-corrected chi connectivity index (χ0v) is 13.1. The van der Waals surface area contributed by atoms with Crippen LogP contribution in [-0.2, 0) is 16.0 Å². The van der Waals surface area contributed by atoms with Gasteiger partial charge in [0.1, 0.15) is 0 Å². The molecule has 0 saturated carbocycles. The standard InChI is InChI=1S/C17H23N3O2/c1-14(21)19-12-10-18(11-13-19)8-7-17(22)20-9-6-15-4-2-3-5-16(15)20/h2-5H,6-13H2,1H3. The molecule has 2 aliphatic heterocycles. The first kappa shape index (κ1) is 15.0. The van der Waals surface area contributed by atoms with Crippen molar-refractivity contribution in [2.45, 2.75) is 19.8 Å². The van der Waals surface area contributed by atoms with Crippen LogP contribution in [0.25, 0.3) is 0 Å². The van der Waals surface area contributed by atoms with Gasteiger partial charge in [-0.3, -0.25) is 14.5 Å². The van der Waals surface area contributed by atoms with Crippen molar-refractivity contribution in [3.63, 3.8) is 0 Å². The van der Waals surface area contributed by atoms with Crippen LogP contribution in [0.1, 0.15) is 18.9 Å². The highest BCUT2D eigenvalue weighted by atomic mass is 16.2. The lowest BCUT2D eigenvalue weighted by Gasteiger charge is -2.34. The van der Waals surface area contributed by atoms with Crippen molar-refractivity contribution in [1.82, 2.24) is 9.80 Å². The molecule has 2 heterocycles. The second kappa shape index (κ2) is 6.48. The zero-order chi connectivity index (χ0) is 15.5. The topological polar surface area (TPSA) is 43.9 Å². The van der Waals surface area contributed by atoms with Crippen LogP contribution in [-0.4, -0.2) is 60.9 Å². The van der Waals surface area contributed by atoms with Crippen molar-refractivity contribution in [3.8, 4) is 0 Å². The Labute approximate surface area is 131 Å². The maximum Gasteiger partial charge on any atom is 0.228 e. The molecular weight excluding hydrogens is 278 g/mol. The molecule has 3 rings (SSSR count). The van der Waals surface area contributed by atoms with E-state index in [-0.39, 0.29) is 11.8 Å². The molecule has 0 atom stereocenters. The molecule has 118 valence electrons. The number of para-hydroxylation sites is 1. The molecular formula is C17H23N3O2. The first-order chi connectivity index (χ1) is 10.6. The molecule has 1 aromatic rings. The molecule has 0 aromatic heterocycles. The molecule has 22 heavy (non-hydrogen) atoms. The van der Waals surface area contributed by atoms with E-state index in [0.29, 0.717) is 6.42 Å². The molecule has 2 aliphatic rings. The number of nitrogens with zero attached hydrogens (tertiary/aromatic N) is 3. The predicted octanol–water partition coefficient (Wildman–Crippen LogP) is 1.13. The third-order valence-corrected chi connectivity index (χ3v) is 4.65. The van der Waals surface area contributed by atoms with Gasteiger partial charge in [0.15, 0.2) is 0 Å². The van der Waals surface area contributed by atoms with E-state index in [4.69, 9.17) is 0 Å². The maximum absolute atomic E-state index is 12.5. The van der Waals surface area contributed by atoms with Crippen LogP contribution in [0.4, 0.5) is 5.69 Å². The van der Waals surface area contributed by atoms with Gasteiger partial charge in [0.2, 0.25) is 11.8 Å². The number of anilines is 1. The minimum absolute atomic E-state index is 0.143. The second-order valence-electron chi connectivity index (χ2n) is 6.02. The summed E-state index contributed by atoms with van der Waals surface area (Å²) in [6.07, 6.45) is 1.51. The van der Waals surface area contributed by atoms with E-state index in [1.165, 1.54) is 5.56 Å². The van der Waals surface area contributed by atoms with Gasteiger partial charge in [-0.1, -0.05) is 18.2 Å². The molecule has 1 aromatic carbocycles. The van der Waals surface area contributed by atoms with Gasteiger partial charge in [-0.05, 0) is 18.1 Å². The largest absolute Gasteiger partial charge is 0.340 e. The highest BCUT2D eigenvalue weighted by Gasteiger charge is 2.25. The van der Waals surface area contributed by atoms with Gasteiger partial charge in [0.05, 0.1) is 0 Å². The number of carbonyl (C=O) groups is 2. The summed E-state index contributed by atoms with van der Waals surface area (Å²) in [7, 11) is 0. The summed E-state index contributed by atoms with van der Waals surface area (Å²) in [5.41, 5.74) is 2.35. The average molecular weight is 301 g/mol. The summed E-state index contributed by atoms with van der Waals surface area (Å²) in [4.78, 5) is 29.8. The fourth-order valence-corrected chi connectivity index (χ4v) is 3.27. The van der Waals surface area contributed by atoms with Crippen molar-refractivity contribution in [1.29, 1.82) is 0 Å². The van der Waals surface area contributed by atoms with Crippen molar-refractivity contribution >= 4 is 17.5 Å². The second-order valence-corrected chi connectivity index (χ2v) is 6.02. The number of amides is 2. The minimum Gasteiger partial charge on any atom is -0.340 e. The van der Waals surface area contributed by atoms with Gasteiger partial charge in [-0.25, -0.2) is 0 Å². The molecule has 1 fully saturated rings. The van der Waals surface area contributed by atoms with E-state index in [1.807, 2.05) is 28.0 Å². The average Bonchev–Trinajstić information content (AvgIpc) is 2.97. The summed E-state index contributed by atoms with van der Waals surface area (Å²) in [6.45, 7) is 6.47. The van der Waals surface area contributed by atoms with E-state index in [2.05, 4.69) is 11.0 Å². The van der Waals surface area contributed by atoms with Gasteiger partial charge in [-0.2, -0.15) is 0 Å². The fourth-order valence-electron chi connectivity index (χ4n) is 3.27. The zero-order valence-electron chi connectivity index (χ0n) is 13.1. The molecule has 2 amide bonds. The van der Waals surface area contributed by atoms with Gasteiger partial charge < -0.3 is 9.80 Å². The van der Waals surface area contributed by atoms with Gasteiger partial charge in [-0.15, -0.1) is 0 Å². The lowest BCUT2D eigenvalue weighted by atomic mass is 10.2. The first-order valence-corrected chi connectivity index (χ1v) is 8.01. The first-order valence-electron chi connectivity index (χ1n) is 8.01. The quantitative estimate of drug-likeness (QED) is 0.840. The Kier molecular flexibility index (Phi) is 4.43. The molecule has 5 nitrogen and oxygen atoms in total. The summed E-state index contributed by atoms with van der Waals surface area (Å²) in [5, 5.41) is 0. The molecule has 0 N–H and O–H groups in total. The third-order valence-electron chi connectivity index (χ3n) is 4.65. The Morgan fingerprint density at radius 3 is 2.50 bits per heavy atom. The van der Waals surface area contributed by atoms with Crippen LogP contribution in [0.5, 0.6) is 0 Å². The minimum atomic E-state index is 0.143. The Bertz CT molecular complexity index is 565. The normalized spacial score (nSPS) is 18.4. The van der Waals surface area contributed by atoms with Crippen molar-refractivity contribution in [2.24, 2.45) is 0 Å². The van der Waals surface area contributed by atoms with E-state index in [0.717, 1.165) is 51.4 Å². The van der Waals surface area contributed by atoms with E-state index < -0.39 is 0 Å². The van der Waals surface area contributed by atoms with Crippen molar-refractivity contribution in [2.75, 3.05) is 44.2 Å². The Morgan fingerprint density at radius 2 is 1.77 bits per heavy atom. The van der Waals surface area contributed by atoms with Crippen LogP contribution >= 0.6 is 0 Å². The van der Waals surface area contributed by atoms with E-state index in [9.17, 15) is 9.59 Å². The molecule has 1 saturated heterocycles. The van der Waals surface area contributed by atoms with Gasteiger partial charge >= 0.3 is 0 Å². The van der Waals surface area contributed by atoms with Gasteiger partial charge in [0.25, 0.3) is 0 Å². The number of hydrogen-bond acceptors (Lipinski definition) is 3. The monoisotopic (exact) mass is 301 g/mol. The van der Waals surface area contributed by atoms with E-state index >= 15 is 0 Å². The van der Waals surface area contributed by atoms with Crippen LogP contribution in [0.3, 0.4) is 0 Å². The van der Waals surface area contributed by atoms with Crippen molar-refractivity contribution < 1.29 is 9.59 Å². The van der Waals surface area contributed by atoms with Crippen molar-refractivity contribution in [3.05, 3.63) is 29.8 Å². The Balaban J connectivity index is 1.49. The molecule has 0 radical (unpaired) electrons. The lowest BCUT2D eigenvalue weighted by Crippen LogP contribution is -2.48. The van der Waals surface area contributed by atoms with E-state index in [1.54, 1.807) is 6.92 Å².